The number of aliphatic hydroxyl groups is 1. The summed E-state index contributed by atoms with van der Waals surface area (Å²) in [6.45, 7) is 0.379. The number of nitrogens with zero attached hydrogens (tertiary/aromatic N) is 3. The summed E-state index contributed by atoms with van der Waals surface area (Å²) in [5.74, 6) is 0.707. The standard InChI is InChI=1S/C16H21N5O2/c22-14-6-4-13(5-7-14)20-16(23)18-11-12-3-1-8-17-15(12)21-10-2-9-19-21/h1-3,8-10,13-14,22H,4-7,11H2,(H2,18,20,23). The molecule has 1 aliphatic rings. The van der Waals surface area contributed by atoms with Gasteiger partial charge in [-0.1, -0.05) is 6.07 Å². The zero-order valence-electron chi connectivity index (χ0n) is 12.9. The molecule has 0 saturated heterocycles. The fourth-order valence-corrected chi connectivity index (χ4v) is 2.80. The SMILES string of the molecule is O=C(NCc1cccnc1-n1cccn1)NC1CCC(O)CC1. The van der Waals surface area contributed by atoms with E-state index in [4.69, 9.17) is 0 Å². The Hall–Kier alpha value is -2.41. The molecule has 7 nitrogen and oxygen atoms in total. The van der Waals surface area contributed by atoms with Crippen molar-refractivity contribution in [2.75, 3.05) is 0 Å². The quantitative estimate of drug-likeness (QED) is 0.794. The fourth-order valence-electron chi connectivity index (χ4n) is 2.80. The van der Waals surface area contributed by atoms with Crippen molar-refractivity contribution in [1.82, 2.24) is 25.4 Å². The topological polar surface area (TPSA) is 92.1 Å². The van der Waals surface area contributed by atoms with Gasteiger partial charge in [0.1, 0.15) is 0 Å². The van der Waals surface area contributed by atoms with Crippen LogP contribution in [0.25, 0.3) is 5.82 Å². The van der Waals surface area contributed by atoms with Crippen LogP contribution >= 0.6 is 0 Å². The first kappa shape index (κ1) is 15.5. The molecule has 3 N–H and O–H groups in total. The third-order valence-electron chi connectivity index (χ3n) is 4.06. The molecule has 0 radical (unpaired) electrons. The third kappa shape index (κ3) is 4.07. The molecule has 1 saturated carbocycles. The van der Waals surface area contributed by atoms with E-state index in [1.807, 2.05) is 24.4 Å². The van der Waals surface area contributed by atoms with Gasteiger partial charge in [0.25, 0.3) is 0 Å². The number of hydrogen-bond donors (Lipinski definition) is 3. The molecule has 0 atom stereocenters. The molecule has 2 amide bonds. The zero-order chi connectivity index (χ0) is 16.1. The molecule has 0 unspecified atom stereocenters. The Bertz CT molecular complexity index is 636. The number of hydrogen-bond acceptors (Lipinski definition) is 4. The van der Waals surface area contributed by atoms with Crippen LogP contribution in [0.4, 0.5) is 4.79 Å². The van der Waals surface area contributed by atoms with E-state index in [0.717, 1.165) is 31.2 Å². The van der Waals surface area contributed by atoms with Crippen LogP contribution in [0.3, 0.4) is 0 Å². The van der Waals surface area contributed by atoms with Crippen LogP contribution in [0.5, 0.6) is 0 Å². The number of rotatable bonds is 4. The van der Waals surface area contributed by atoms with Crippen LogP contribution in [0.1, 0.15) is 31.2 Å². The highest BCUT2D eigenvalue weighted by Crippen LogP contribution is 2.18. The van der Waals surface area contributed by atoms with Crippen molar-refractivity contribution in [3.8, 4) is 5.82 Å². The number of aliphatic hydroxyl groups excluding tert-OH is 1. The van der Waals surface area contributed by atoms with E-state index in [1.165, 1.54) is 0 Å². The second-order valence-electron chi connectivity index (χ2n) is 5.77. The number of pyridine rings is 1. The van der Waals surface area contributed by atoms with E-state index in [-0.39, 0.29) is 18.2 Å². The molecular weight excluding hydrogens is 294 g/mol. The molecule has 3 rings (SSSR count). The molecule has 0 bridgehead atoms. The van der Waals surface area contributed by atoms with Gasteiger partial charge in [0.05, 0.1) is 6.10 Å². The molecule has 0 aromatic carbocycles. The summed E-state index contributed by atoms with van der Waals surface area (Å²) in [6, 6.07) is 5.53. The van der Waals surface area contributed by atoms with Crippen molar-refractivity contribution in [2.24, 2.45) is 0 Å². The lowest BCUT2D eigenvalue weighted by Gasteiger charge is -2.26. The van der Waals surface area contributed by atoms with Gasteiger partial charge >= 0.3 is 6.03 Å². The van der Waals surface area contributed by atoms with Gasteiger partial charge in [-0.2, -0.15) is 5.10 Å². The van der Waals surface area contributed by atoms with E-state index >= 15 is 0 Å². The molecular formula is C16H21N5O2. The highest BCUT2D eigenvalue weighted by atomic mass is 16.3. The average Bonchev–Trinajstić information content (AvgIpc) is 3.10. The number of urea groups is 1. The first-order chi connectivity index (χ1) is 11.2. The minimum Gasteiger partial charge on any atom is -0.393 e. The van der Waals surface area contributed by atoms with Gasteiger partial charge < -0.3 is 15.7 Å². The Morgan fingerprint density at radius 2 is 2.09 bits per heavy atom. The lowest BCUT2D eigenvalue weighted by atomic mass is 9.93. The maximum atomic E-state index is 12.0. The Morgan fingerprint density at radius 1 is 1.26 bits per heavy atom. The Morgan fingerprint density at radius 3 is 2.83 bits per heavy atom. The number of nitrogens with one attached hydrogen (secondary N) is 2. The lowest BCUT2D eigenvalue weighted by Crippen LogP contribution is -2.44. The van der Waals surface area contributed by atoms with Crippen molar-refractivity contribution in [1.29, 1.82) is 0 Å². The van der Waals surface area contributed by atoms with E-state index < -0.39 is 0 Å². The second-order valence-corrected chi connectivity index (χ2v) is 5.77. The van der Waals surface area contributed by atoms with E-state index in [0.29, 0.717) is 12.4 Å². The van der Waals surface area contributed by atoms with Crippen molar-refractivity contribution in [3.05, 3.63) is 42.4 Å². The van der Waals surface area contributed by atoms with Crippen LogP contribution in [0.2, 0.25) is 0 Å². The molecule has 1 aliphatic carbocycles. The lowest BCUT2D eigenvalue weighted by molar-refractivity contribution is 0.117. The number of carbonyl (C=O) groups is 1. The molecule has 1 fully saturated rings. The summed E-state index contributed by atoms with van der Waals surface area (Å²) in [6.07, 6.45) is 8.13. The van der Waals surface area contributed by atoms with Crippen LogP contribution < -0.4 is 10.6 Å². The van der Waals surface area contributed by atoms with Crippen LogP contribution in [0, 0.1) is 0 Å². The summed E-state index contributed by atoms with van der Waals surface area (Å²) in [7, 11) is 0. The molecule has 0 spiro atoms. The monoisotopic (exact) mass is 315 g/mol. The summed E-state index contributed by atoms with van der Waals surface area (Å²) in [5.41, 5.74) is 0.894. The molecule has 7 heteroatoms. The Labute approximate surface area is 134 Å². The van der Waals surface area contributed by atoms with Crippen molar-refractivity contribution < 1.29 is 9.90 Å². The Kier molecular flexibility index (Phi) is 4.87. The number of aromatic nitrogens is 3. The highest BCUT2D eigenvalue weighted by molar-refractivity contribution is 5.74. The van der Waals surface area contributed by atoms with Gasteiger partial charge in [0.15, 0.2) is 5.82 Å². The summed E-state index contributed by atoms with van der Waals surface area (Å²) >= 11 is 0. The predicted octanol–water partition coefficient (Wildman–Crippen LogP) is 1.37. The first-order valence-corrected chi connectivity index (χ1v) is 7.88. The normalized spacial score (nSPS) is 20.9. The molecule has 0 aliphatic heterocycles. The summed E-state index contributed by atoms with van der Waals surface area (Å²) in [4.78, 5) is 16.4. The minimum atomic E-state index is -0.219. The van der Waals surface area contributed by atoms with E-state index in [1.54, 1.807) is 17.1 Å². The predicted molar refractivity (Wildman–Crippen MR) is 85.0 cm³/mol. The van der Waals surface area contributed by atoms with Gasteiger partial charge in [-0.05, 0) is 37.8 Å². The molecule has 2 heterocycles. The molecule has 23 heavy (non-hydrogen) atoms. The van der Waals surface area contributed by atoms with Crippen LogP contribution in [-0.2, 0) is 6.54 Å². The van der Waals surface area contributed by atoms with E-state index in [2.05, 4.69) is 20.7 Å². The summed E-state index contributed by atoms with van der Waals surface area (Å²) in [5, 5.41) is 19.5. The zero-order valence-corrected chi connectivity index (χ0v) is 12.9. The van der Waals surface area contributed by atoms with Crippen molar-refractivity contribution >= 4 is 6.03 Å². The van der Waals surface area contributed by atoms with Crippen LogP contribution in [-0.4, -0.2) is 38.0 Å². The van der Waals surface area contributed by atoms with Gasteiger partial charge in [0.2, 0.25) is 0 Å². The summed E-state index contributed by atoms with van der Waals surface area (Å²) < 4.78 is 1.68. The molecule has 122 valence electrons. The van der Waals surface area contributed by atoms with Gasteiger partial charge in [-0.3, -0.25) is 0 Å². The van der Waals surface area contributed by atoms with Crippen molar-refractivity contribution in [2.45, 2.75) is 44.4 Å². The van der Waals surface area contributed by atoms with Gasteiger partial charge in [-0.25, -0.2) is 14.5 Å². The minimum absolute atomic E-state index is 0.137. The van der Waals surface area contributed by atoms with Gasteiger partial charge in [0, 0.05) is 36.7 Å². The van der Waals surface area contributed by atoms with Crippen molar-refractivity contribution in [3.63, 3.8) is 0 Å². The second kappa shape index (κ2) is 7.23. The third-order valence-corrected chi connectivity index (χ3v) is 4.06. The number of amides is 2. The molecule has 2 aromatic heterocycles. The van der Waals surface area contributed by atoms with E-state index in [9.17, 15) is 9.90 Å². The molecule has 2 aromatic rings. The smallest absolute Gasteiger partial charge is 0.315 e. The van der Waals surface area contributed by atoms with Crippen LogP contribution in [0.15, 0.2) is 36.8 Å². The fraction of sp³-hybridized carbons (Fsp3) is 0.438. The van der Waals surface area contributed by atoms with Gasteiger partial charge in [-0.15, -0.1) is 0 Å². The highest BCUT2D eigenvalue weighted by Gasteiger charge is 2.20. The first-order valence-electron chi connectivity index (χ1n) is 7.88. The average molecular weight is 315 g/mol. The maximum absolute atomic E-state index is 12.0. The largest absolute Gasteiger partial charge is 0.393 e. The number of carbonyl (C=O) groups excluding carboxylic acids is 1. The maximum Gasteiger partial charge on any atom is 0.315 e. The Balaban J connectivity index is 1.55.